The molecular weight excluding hydrogens is 392 g/mol. The minimum Gasteiger partial charge on any atom is -0.445 e. The van der Waals surface area contributed by atoms with Crippen LogP contribution in [0.2, 0.25) is 0 Å². The molecule has 0 heterocycles. The summed E-state index contributed by atoms with van der Waals surface area (Å²) in [5.41, 5.74) is 1.94. The van der Waals surface area contributed by atoms with E-state index in [9.17, 15) is 13.6 Å². The number of ether oxygens (including phenoxy) is 3. The Morgan fingerprint density at radius 3 is 2.00 bits per heavy atom. The van der Waals surface area contributed by atoms with E-state index in [-0.39, 0.29) is 19.4 Å². The number of amides is 1. The second-order valence-electron chi connectivity index (χ2n) is 6.81. The highest BCUT2D eigenvalue weighted by Crippen LogP contribution is 2.10. The molecule has 5 nitrogen and oxygen atoms in total. The summed E-state index contributed by atoms with van der Waals surface area (Å²) in [7, 11) is 0. The van der Waals surface area contributed by atoms with E-state index in [4.69, 9.17) is 14.2 Å². The second-order valence-corrected chi connectivity index (χ2v) is 6.81. The van der Waals surface area contributed by atoms with Crippen molar-refractivity contribution < 1.29 is 27.8 Å². The van der Waals surface area contributed by atoms with Crippen LogP contribution in [0.25, 0.3) is 0 Å². The van der Waals surface area contributed by atoms with Gasteiger partial charge in [-0.15, -0.1) is 0 Å². The van der Waals surface area contributed by atoms with Gasteiger partial charge in [-0.25, -0.2) is 13.6 Å². The molecule has 30 heavy (non-hydrogen) atoms. The van der Waals surface area contributed by atoms with Crippen LogP contribution in [0.3, 0.4) is 0 Å². The van der Waals surface area contributed by atoms with Crippen LogP contribution < -0.4 is 5.32 Å². The van der Waals surface area contributed by atoms with E-state index in [1.165, 1.54) is 0 Å². The molecule has 0 saturated heterocycles. The molecule has 7 heteroatoms. The standard InChI is InChI=1S/C23H29F2NO4/c24-22(25)12-11-21(26-23(27)30-18-20-9-5-2-6-10-20)13-14-28-15-16-29-17-19-7-3-1-4-8-19/h1-10,21-22H,11-18H2,(H,26,27). The van der Waals surface area contributed by atoms with Crippen LogP contribution in [-0.4, -0.2) is 38.4 Å². The molecule has 0 saturated carbocycles. The van der Waals surface area contributed by atoms with E-state index >= 15 is 0 Å². The van der Waals surface area contributed by atoms with Crippen molar-refractivity contribution in [3.63, 3.8) is 0 Å². The maximum absolute atomic E-state index is 12.6. The summed E-state index contributed by atoms with van der Waals surface area (Å²) in [4.78, 5) is 12.0. The molecular formula is C23H29F2NO4. The predicted molar refractivity (Wildman–Crippen MR) is 110 cm³/mol. The molecule has 1 amide bonds. The maximum atomic E-state index is 12.6. The van der Waals surface area contributed by atoms with Gasteiger partial charge in [-0.2, -0.15) is 0 Å². The minimum atomic E-state index is -2.41. The molecule has 2 rings (SSSR count). The molecule has 0 spiro atoms. The first-order valence-corrected chi connectivity index (χ1v) is 10.1. The van der Waals surface area contributed by atoms with Crippen LogP contribution in [0, 0.1) is 0 Å². The van der Waals surface area contributed by atoms with Gasteiger partial charge in [-0.1, -0.05) is 60.7 Å². The Bertz CT molecular complexity index is 701. The maximum Gasteiger partial charge on any atom is 0.407 e. The fourth-order valence-electron chi connectivity index (χ4n) is 2.76. The van der Waals surface area contributed by atoms with Crippen LogP contribution >= 0.6 is 0 Å². The third-order valence-electron chi connectivity index (χ3n) is 4.36. The van der Waals surface area contributed by atoms with Crippen molar-refractivity contribution in [2.75, 3.05) is 19.8 Å². The van der Waals surface area contributed by atoms with E-state index in [0.717, 1.165) is 11.1 Å². The summed E-state index contributed by atoms with van der Waals surface area (Å²) < 4.78 is 41.4. The van der Waals surface area contributed by atoms with Gasteiger partial charge >= 0.3 is 6.09 Å². The summed E-state index contributed by atoms with van der Waals surface area (Å²) in [6, 6.07) is 18.6. The molecule has 0 radical (unpaired) electrons. The van der Waals surface area contributed by atoms with E-state index < -0.39 is 18.6 Å². The second kappa shape index (κ2) is 14.5. The molecule has 0 fully saturated rings. The predicted octanol–water partition coefficient (Wildman–Crippen LogP) is 4.95. The highest BCUT2D eigenvalue weighted by molar-refractivity contribution is 5.67. The Morgan fingerprint density at radius 2 is 1.37 bits per heavy atom. The normalized spacial score (nSPS) is 12.0. The van der Waals surface area contributed by atoms with Crippen molar-refractivity contribution in [2.24, 2.45) is 0 Å². The van der Waals surface area contributed by atoms with Crippen LogP contribution in [0.4, 0.5) is 13.6 Å². The Hall–Kier alpha value is -2.51. The summed E-state index contributed by atoms with van der Waals surface area (Å²) in [5.74, 6) is 0. The van der Waals surface area contributed by atoms with Crippen LogP contribution in [0.1, 0.15) is 30.4 Å². The highest BCUT2D eigenvalue weighted by atomic mass is 19.3. The summed E-state index contributed by atoms with van der Waals surface area (Å²) >= 11 is 0. The number of benzene rings is 2. The lowest BCUT2D eigenvalue weighted by molar-refractivity contribution is 0.0362. The largest absolute Gasteiger partial charge is 0.445 e. The lowest BCUT2D eigenvalue weighted by atomic mass is 10.1. The topological polar surface area (TPSA) is 56.8 Å². The van der Waals surface area contributed by atoms with Crippen molar-refractivity contribution in [3.8, 4) is 0 Å². The number of carbonyl (C=O) groups excluding carboxylic acids is 1. The zero-order valence-electron chi connectivity index (χ0n) is 17.0. The molecule has 2 aromatic carbocycles. The first-order chi connectivity index (χ1) is 14.6. The van der Waals surface area contributed by atoms with Gasteiger partial charge in [0, 0.05) is 19.1 Å². The van der Waals surface area contributed by atoms with Crippen molar-refractivity contribution >= 4 is 6.09 Å². The highest BCUT2D eigenvalue weighted by Gasteiger charge is 2.16. The molecule has 0 aliphatic carbocycles. The Kier molecular flexibility index (Phi) is 11.5. The molecule has 0 aromatic heterocycles. The SMILES string of the molecule is O=C(NC(CCOCCOCc1ccccc1)CCC(F)F)OCc1ccccc1. The quantitative estimate of drug-likeness (QED) is 0.439. The third-order valence-corrected chi connectivity index (χ3v) is 4.36. The van der Waals surface area contributed by atoms with Crippen molar-refractivity contribution in [2.45, 2.75) is 44.9 Å². The van der Waals surface area contributed by atoms with Gasteiger partial charge in [0.1, 0.15) is 6.61 Å². The van der Waals surface area contributed by atoms with E-state index in [0.29, 0.717) is 32.8 Å². The van der Waals surface area contributed by atoms with Crippen molar-refractivity contribution in [1.82, 2.24) is 5.32 Å². The van der Waals surface area contributed by atoms with Gasteiger partial charge in [-0.05, 0) is 24.0 Å². The average Bonchev–Trinajstić information content (AvgIpc) is 2.76. The average molecular weight is 421 g/mol. The lowest BCUT2D eigenvalue weighted by Crippen LogP contribution is -2.36. The Labute approximate surface area is 176 Å². The molecule has 0 bridgehead atoms. The van der Waals surface area contributed by atoms with Crippen LogP contribution in [0.15, 0.2) is 60.7 Å². The molecule has 1 unspecified atom stereocenters. The number of halogens is 2. The smallest absolute Gasteiger partial charge is 0.407 e. The molecule has 0 aliphatic heterocycles. The minimum absolute atomic E-state index is 0.128. The molecule has 0 aliphatic rings. The molecule has 2 aromatic rings. The van der Waals surface area contributed by atoms with Crippen molar-refractivity contribution in [1.29, 1.82) is 0 Å². The zero-order valence-corrected chi connectivity index (χ0v) is 17.0. The monoisotopic (exact) mass is 421 g/mol. The number of carbonyl (C=O) groups is 1. The number of nitrogens with one attached hydrogen (secondary N) is 1. The van der Waals surface area contributed by atoms with E-state index in [1.54, 1.807) is 0 Å². The Morgan fingerprint density at radius 1 is 0.767 bits per heavy atom. The number of alkyl carbamates (subject to hydrolysis) is 1. The van der Waals surface area contributed by atoms with E-state index in [1.807, 2.05) is 60.7 Å². The summed E-state index contributed by atoms with van der Waals surface area (Å²) in [6.45, 7) is 1.80. The summed E-state index contributed by atoms with van der Waals surface area (Å²) in [5, 5.41) is 2.66. The number of alkyl halides is 2. The number of hydrogen-bond acceptors (Lipinski definition) is 4. The summed E-state index contributed by atoms with van der Waals surface area (Å²) in [6.07, 6.45) is -2.74. The van der Waals surface area contributed by atoms with Crippen molar-refractivity contribution in [3.05, 3.63) is 71.8 Å². The fourth-order valence-corrected chi connectivity index (χ4v) is 2.76. The van der Waals surface area contributed by atoms with Gasteiger partial charge in [0.25, 0.3) is 0 Å². The van der Waals surface area contributed by atoms with Gasteiger partial charge in [0.05, 0.1) is 19.8 Å². The lowest BCUT2D eigenvalue weighted by Gasteiger charge is -2.18. The first-order valence-electron chi connectivity index (χ1n) is 10.1. The first kappa shape index (κ1) is 23.8. The Balaban J connectivity index is 1.62. The number of hydrogen-bond donors (Lipinski definition) is 1. The third kappa shape index (κ3) is 10.9. The molecule has 164 valence electrons. The van der Waals surface area contributed by atoms with Crippen LogP contribution in [-0.2, 0) is 27.4 Å². The van der Waals surface area contributed by atoms with Gasteiger partial charge < -0.3 is 19.5 Å². The van der Waals surface area contributed by atoms with E-state index in [2.05, 4.69) is 5.32 Å². The molecule has 1 atom stereocenters. The number of rotatable bonds is 14. The molecule has 1 N–H and O–H groups in total. The van der Waals surface area contributed by atoms with Gasteiger partial charge in [-0.3, -0.25) is 0 Å². The van der Waals surface area contributed by atoms with Gasteiger partial charge in [0.2, 0.25) is 6.43 Å². The fraction of sp³-hybridized carbons (Fsp3) is 0.435. The van der Waals surface area contributed by atoms with Gasteiger partial charge in [0.15, 0.2) is 0 Å². The van der Waals surface area contributed by atoms with Crippen LogP contribution in [0.5, 0.6) is 0 Å². The zero-order chi connectivity index (χ0) is 21.4.